The van der Waals surface area contributed by atoms with E-state index in [1.807, 2.05) is 42.5 Å². The van der Waals surface area contributed by atoms with Gasteiger partial charge in [0.25, 0.3) is 0 Å². The molecule has 0 heterocycles. The number of aliphatic hydroxyl groups is 1. The first-order valence-electron chi connectivity index (χ1n) is 5.11. The molecule has 2 aromatic rings. The van der Waals surface area contributed by atoms with Crippen LogP contribution in [0.1, 0.15) is 18.6 Å². The van der Waals surface area contributed by atoms with Gasteiger partial charge in [-0.15, -0.1) is 0 Å². The highest BCUT2D eigenvalue weighted by molar-refractivity contribution is 5.67. The lowest BCUT2D eigenvalue weighted by Gasteiger charge is -2.11. The van der Waals surface area contributed by atoms with Gasteiger partial charge in [-0.2, -0.15) is 0 Å². The van der Waals surface area contributed by atoms with Crippen LogP contribution >= 0.6 is 0 Å². The predicted molar refractivity (Wildman–Crippen MR) is 62.5 cm³/mol. The smallest absolute Gasteiger partial charge is 0.0767 e. The van der Waals surface area contributed by atoms with E-state index in [0.717, 1.165) is 16.7 Å². The maximum atomic E-state index is 9.67. The lowest BCUT2D eigenvalue weighted by molar-refractivity contribution is 0.200. The van der Waals surface area contributed by atoms with Crippen LogP contribution in [0.4, 0.5) is 0 Å². The molecular weight excluding hydrogens is 184 g/mol. The molecule has 0 saturated heterocycles. The molecule has 0 aliphatic carbocycles. The Morgan fingerprint density at radius 3 is 2.13 bits per heavy atom. The van der Waals surface area contributed by atoms with Crippen LogP contribution in [0.2, 0.25) is 0 Å². The third-order valence-electron chi connectivity index (χ3n) is 2.50. The van der Waals surface area contributed by atoms with Gasteiger partial charge in [-0.3, -0.25) is 0 Å². The van der Waals surface area contributed by atoms with Gasteiger partial charge in [0.15, 0.2) is 0 Å². The second kappa shape index (κ2) is 4.28. The molecule has 0 saturated carbocycles. The predicted octanol–water partition coefficient (Wildman–Crippen LogP) is 3.41. The Morgan fingerprint density at radius 1 is 0.867 bits per heavy atom. The zero-order chi connectivity index (χ0) is 10.7. The molecule has 0 bridgehead atoms. The molecule has 1 atom stereocenters. The number of hydrogen-bond donors (Lipinski definition) is 1. The molecule has 2 aromatic carbocycles. The lowest BCUT2D eigenvalue weighted by atomic mass is 9.97. The molecule has 15 heavy (non-hydrogen) atoms. The molecule has 0 aromatic heterocycles. The van der Waals surface area contributed by atoms with Crippen molar-refractivity contribution in [2.75, 3.05) is 0 Å². The standard InChI is InChI=1S/C14H14O/c1-11(15)13-9-5-6-10-14(13)12-7-3-2-4-8-12/h2-11,15H,1H3. The summed E-state index contributed by atoms with van der Waals surface area (Å²) in [7, 11) is 0. The maximum Gasteiger partial charge on any atom is 0.0767 e. The molecule has 2 rings (SSSR count). The second-order valence-corrected chi connectivity index (χ2v) is 3.63. The van der Waals surface area contributed by atoms with Gasteiger partial charge in [0.05, 0.1) is 6.10 Å². The van der Waals surface area contributed by atoms with Crippen molar-refractivity contribution in [2.24, 2.45) is 0 Å². The minimum Gasteiger partial charge on any atom is -0.389 e. The molecule has 0 aliphatic rings. The first kappa shape index (κ1) is 9.94. The van der Waals surface area contributed by atoms with Gasteiger partial charge >= 0.3 is 0 Å². The quantitative estimate of drug-likeness (QED) is 0.784. The summed E-state index contributed by atoms with van der Waals surface area (Å²) in [6.45, 7) is 1.79. The minimum atomic E-state index is -0.429. The molecule has 0 aliphatic heterocycles. The Kier molecular flexibility index (Phi) is 2.84. The first-order valence-corrected chi connectivity index (χ1v) is 5.11. The van der Waals surface area contributed by atoms with Crippen LogP contribution in [-0.2, 0) is 0 Å². The third-order valence-corrected chi connectivity index (χ3v) is 2.50. The fourth-order valence-corrected chi connectivity index (χ4v) is 1.74. The van der Waals surface area contributed by atoms with E-state index in [0.29, 0.717) is 0 Å². The number of rotatable bonds is 2. The summed E-state index contributed by atoms with van der Waals surface area (Å²) < 4.78 is 0. The topological polar surface area (TPSA) is 20.2 Å². The third kappa shape index (κ3) is 2.08. The molecular formula is C14H14O. The van der Waals surface area contributed by atoms with Crippen molar-refractivity contribution in [3.8, 4) is 11.1 Å². The van der Waals surface area contributed by atoms with Crippen LogP contribution in [-0.4, -0.2) is 5.11 Å². The highest BCUT2D eigenvalue weighted by Crippen LogP contribution is 2.27. The van der Waals surface area contributed by atoms with E-state index in [4.69, 9.17) is 0 Å². The number of hydrogen-bond acceptors (Lipinski definition) is 1. The van der Waals surface area contributed by atoms with Crippen molar-refractivity contribution in [2.45, 2.75) is 13.0 Å². The van der Waals surface area contributed by atoms with Crippen LogP contribution in [0.5, 0.6) is 0 Å². The van der Waals surface area contributed by atoms with E-state index < -0.39 is 6.10 Å². The number of aliphatic hydroxyl groups excluding tert-OH is 1. The summed E-state index contributed by atoms with van der Waals surface area (Å²) in [6, 6.07) is 18.1. The molecule has 0 spiro atoms. The van der Waals surface area contributed by atoms with Gasteiger partial charge in [-0.25, -0.2) is 0 Å². The summed E-state index contributed by atoms with van der Waals surface area (Å²) >= 11 is 0. The Bertz CT molecular complexity index is 432. The van der Waals surface area contributed by atoms with Crippen LogP contribution in [0.15, 0.2) is 54.6 Å². The van der Waals surface area contributed by atoms with E-state index in [-0.39, 0.29) is 0 Å². The Labute approximate surface area is 90.0 Å². The molecule has 1 heteroatoms. The first-order chi connectivity index (χ1) is 7.29. The molecule has 1 unspecified atom stereocenters. The van der Waals surface area contributed by atoms with Crippen molar-refractivity contribution >= 4 is 0 Å². The molecule has 1 N–H and O–H groups in total. The van der Waals surface area contributed by atoms with Gasteiger partial charge in [0.1, 0.15) is 0 Å². The SMILES string of the molecule is CC(O)c1ccccc1-c1ccccc1. The lowest BCUT2D eigenvalue weighted by Crippen LogP contribution is -1.94. The summed E-state index contributed by atoms with van der Waals surface area (Å²) in [5.41, 5.74) is 3.23. The van der Waals surface area contributed by atoms with E-state index >= 15 is 0 Å². The van der Waals surface area contributed by atoms with Crippen molar-refractivity contribution < 1.29 is 5.11 Å². The summed E-state index contributed by atoms with van der Waals surface area (Å²) in [6.07, 6.45) is -0.429. The summed E-state index contributed by atoms with van der Waals surface area (Å²) in [5.74, 6) is 0. The van der Waals surface area contributed by atoms with Crippen molar-refractivity contribution in [1.29, 1.82) is 0 Å². The highest BCUT2D eigenvalue weighted by atomic mass is 16.3. The van der Waals surface area contributed by atoms with Gasteiger partial charge in [-0.05, 0) is 23.6 Å². The van der Waals surface area contributed by atoms with Crippen LogP contribution in [0, 0.1) is 0 Å². The molecule has 0 amide bonds. The van der Waals surface area contributed by atoms with E-state index in [1.54, 1.807) is 6.92 Å². The average Bonchev–Trinajstić information content (AvgIpc) is 2.30. The fourth-order valence-electron chi connectivity index (χ4n) is 1.74. The van der Waals surface area contributed by atoms with E-state index in [9.17, 15) is 5.11 Å². The van der Waals surface area contributed by atoms with Gasteiger partial charge in [0.2, 0.25) is 0 Å². The fraction of sp³-hybridized carbons (Fsp3) is 0.143. The molecule has 76 valence electrons. The van der Waals surface area contributed by atoms with E-state index in [1.165, 1.54) is 0 Å². The molecule has 0 fully saturated rings. The van der Waals surface area contributed by atoms with Gasteiger partial charge < -0.3 is 5.11 Å². The van der Waals surface area contributed by atoms with Gasteiger partial charge in [-0.1, -0.05) is 54.6 Å². The van der Waals surface area contributed by atoms with E-state index in [2.05, 4.69) is 12.1 Å². The van der Waals surface area contributed by atoms with Crippen LogP contribution in [0.3, 0.4) is 0 Å². The Balaban J connectivity index is 2.53. The number of benzene rings is 2. The monoisotopic (exact) mass is 198 g/mol. The van der Waals surface area contributed by atoms with Crippen LogP contribution < -0.4 is 0 Å². The average molecular weight is 198 g/mol. The summed E-state index contributed by atoms with van der Waals surface area (Å²) in [5, 5.41) is 9.67. The van der Waals surface area contributed by atoms with Crippen molar-refractivity contribution in [1.82, 2.24) is 0 Å². The normalized spacial score (nSPS) is 12.4. The minimum absolute atomic E-state index is 0.429. The zero-order valence-corrected chi connectivity index (χ0v) is 8.72. The van der Waals surface area contributed by atoms with Crippen molar-refractivity contribution in [3.05, 3.63) is 60.2 Å². The summed E-state index contributed by atoms with van der Waals surface area (Å²) in [4.78, 5) is 0. The van der Waals surface area contributed by atoms with Gasteiger partial charge in [0, 0.05) is 0 Å². The van der Waals surface area contributed by atoms with Crippen molar-refractivity contribution in [3.63, 3.8) is 0 Å². The second-order valence-electron chi connectivity index (χ2n) is 3.63. The largest absolute Gasteiger partial charge is 0.389 e. The maximum absolute atomic E-state index is 9.67. The zero-order valence-electron chi connectivity index (χ0n) is 8.72. The van der Waals surface area contributed by atoms with Crippen LogP contribution in [0.25, 0.3) is 11.1 Å². The molecule has 1 nitrogen and oxygen atoms in total. The molecule has 0 radical (unpaired) electrons. The Hall–Kier alpha value is -1.60. The highest BCUT2D eigenvalue weighted by Gasteiger charge is 2.07. The Morgan fingerprint density at radius 2 is 1.47 bits per heavy atom.